The molecule has 0 aromatic heterocycles. The number of carboxylic acids is 1. The van der Waals surface area contributed by atoms with E-state index in [-0.39, 0.29) is 24.5 Å². The smallest absolute Gasteiger partial charge is 0.327 e. The van der Waals surface area contributed by atoms with E-state index in [2.05, 4.69) is 0 Å². The Hall–Kier alpha value is -1.64. The van der Waals surface area contributed by atoms with E-state index in [4.69, 9.17) is 9.47 Å². The highest BCUT2D eigenvalue weighted by Gasteiger charge is 2.53. The molecule has 1 heterocycles. The maximum atomic E-state index is 12.8. The van der Waals surface area contributed by atoms with Gasteiger partial charge in [0.15, 0.2) is 5.54 Å². The molecule has 1 unspecified atom stereocenters. The summed E-state index contributed by atoms with van der Waals surface area (Å²) in [6, 6.07) is 5.88. The van der Waals surface area contributed by atoms with Crippen LogP contribution in [0.25, 0.3) is 0 Å². The summed E-state index contributed by atoms with van der Waals surface area (Å²) in [6.07, 6.45) is 0.705. The van der Waals surface area contributed by atoms with Crippen molar-refractivity contribution in [2.75, 3.05) is 27.4 Å². The number of aliphatic carboxylic acids is 1. The molecule has 1 saturated heterocycles. The van der Waals surface area contributed by atoms with Crippen LogP contribution < -0.4 is 4.74 Å². The van der Waals surface area contributed by atoms with E-state index in [9.17, 15) is 18.3 Å². The van der Waals surface area contributed by atoms with Crippen molar-refractivity contribution in [1.82, 2.24) is 4.31 Å². The number of methoxy groups -OCH3 is 2. The molecule has 7 nitrogen and oxygen atoms in total. The van der Waals surface area contributed by atoms with E-state index < -0.39 is 21.5 Å². The highest BCUT2D eigenvalue weighted by atomic mass is 32.2. The minimum atomic E-state index is -3.92. The maximum absolute atomic E-state index is 12.8. The molecule has 8 heteroatoms. The van der Waals surface area contributed by atoms with Gasteiger partial charge in [0.05, 0.1) is 18.6 Å². The van der Waals surface area contributed by atoms with Gasteiger partial charge in [0.25, 0.3) is 0 Å². The third-order valence-electron chi connectivity index (χ3n) is 3.86. The summed E-state index contributed by atoms with van der Waals surface area (Å²) in [6.45, 7) is -0.0261. The number of benzene rings is 1. The monoisotopic (exact) mass is 329 g/mol. The molecular formula is C14H19NO6S. The van der Waals surface area contributed by atoms with Crippen molar-refractivity contribution in [3.05, 3.63) is 24.3 Å². The van der Waals surface area contributed by atoms with Gasteiger partial charge in [0, 0.05) is 13.7 Å². The Balaban J connectivity index is 2.44. The molecule has 0 bridgehead atoms. The van der Waals surface area contributed by atoms with Crippen LogP contribution in [0.15, 0.2) is 29.2 Å². The summed E-state index contributed by atoms with van der Waals surface area (Å²) in [7, 11) is -1.08. The van der Waals surface area contributed by atoms with Gasteiger partial charge < -0.3 is 14.6 Å². The highest BCUT2D eigenvalue weighted by molar-refractivity contribution is 7.89. The maximum Gasteiger partial charge on any atom is 0.327 e. The van der Waals surface area contributed by atoms with Crippen molar-refractivity contribution in [3.8, 4) is 5.75 Å². The Morgan fingerprint density at radius 1 is 1.32 bits per heavy atom. The van der Waals surface area contributed by atoms with Crippen LogP contribution in [0.1, 0.15) is 12.8 Å². The minimum absolute atomic E-state index is 0.0388. The first-order chi connectivity index (χ1) is 10.4. The fourth-order valence-corrected chi connectivity index (χ4v) is 4.52. The van der Waals surface area contributed by atoms with Crippen molar-refractivity contribution in [3.63, 3.8) is 0 Å². The first-order valence-corrected chi connectivity index (χ1v) is 8.22. The minimum Gasteiger partial charge on any atom is -0.497 e. The molecule has 22 heavy (non-hydrogen) atoms. The summed E-state index contributed by atoms with van der Waals surface area (Å²) in [5.74, 6) is -0.661. The first kappa shape index (κ1) is 16.7. The molecule has 1 N–H and O–H groups in total. The van der Waals surface area contributed by atoms with Crippen molar-refractivity contribution in [1.29, 1.82) is 0 Å². The second-order valence-electron chi connectivity index (χ2n) is 5.13. The Bertz CT molecular complexity index is 642. The number of nitrogens with zero attached hydrogens (tertiary/aromatic N) is 1. The standard InChI is InChI=1S/C14H19NO6S/c1-20-10-14(13(16)17)8-3-9-15(14)22(18,19)12-6-4-11(21-2)5-7-12/h4-7H,3,8-10H2,1-2H3,(H,16,17). The number of sulfonamides is 1. The molecule has 0 spiro atoms. The Labute approximate surface area is 129 Å². The van der Waals surface area contributed by atoms with E-state index in [1.807, 2.05) is 0 Å². The van der Waals surface area contributed by atoms with Gasteiger partial charge in [0.1, 0.15) is 5.75 Å². The summed E-state index contributed by atoms with van der Waals surface area (Å²) in [5.41, 5.74) is -1.55. The van der Waals surface area contributed by atoms with Crippen molar-refractivity contribution in [2.45, 2.75) is 23.3 Å². The normalized spacial score (nSPS) is 22.6. The predicted molar refractivity (Wildman–Crippen MR) is 78.4 cm³/mol. The number of ether oxygens (including phenoxy) is 2. The van der Waals surface area contributed by atoms with Crippen LogP contribution in [0, 0.1) is 0 Å². The molecule has 122 valence electrons. The van der Waals surface area contributed by atoms with Crippen LogP contribution in [-0.4, -0.2) is 56.7 Å². The van der Waals surface area contributed by atoms with E-state index in [0.29, 0.717) is 12.2 Å². The average molecular weight is 329 g/mol. The van der Waals surface area contributed by atoms with Crippen LogP contribution in [0.3, 0.4) is 0 Å². The summed E-state index contributed by atoms with van der Waals surface area (Å²) >= 11 is 0. The average Bonchev–Trinajstić information content (AvgIpc) is 2.93. The van der Waals surface area contributed by atoms with Gasteiger partial charge >= 0.3 is 5.97 Å². The first-order valence-electron chi connectivity index (χ1n) is 6.78. The molecule has 1 atom stereocenters. The van der Waals surface area contributed by atoms with Crippen LogP contribution in [-0.2, 0) is 19.6 Å². The molecule has 0 aliphatic carbocycles. The van der Waals surface area contributed by atoms with Gasteiger partial charge in [0.2, 0.25) is 10.0 Å². The predicted octanol–water partition coefficient (Wildman–Crippen LogP) is 0.949. The van der Waals surface area contributed by atoms with E-state index in [1.165, 1.54) is 38.5 Å². The fraction of sp³-hybridized carbons (Fsp3) is 0.500. The van der Waals surface area contributed by atoms with Crippen LogP contribution in [0.2, 0.25) is 0 Å². The summed E-state index contributed by atoms with van der Waals surface area (Å²) < 4.78 is 36.6. The third-order valence-corrected chi connectivity index (χ3v) is 5.84. The third kappa shape index (κ3) is 2.69. The molecule has 1 aromatic rings. The quantitative estimate of drug-likeness (QED) is 0.835. The zero-order valence-corrected chi connectivity index (χ0v) is 13.3. The van der Waals surface area contributed by atoms with Crippen LogP contribution >= 0.6 is 0 Å². The zero-order chi connectivity index (χ0) is 16.4. The van der Waals surface area contributed by atoms with E-state index in [1.54, 1.807) is 0 Å². The Morgan fingerprint density at radius 3 is 2.45 bits per heavy atom. The topological polar surface area (TPSA) is 93.1 Å². The lowest BCUT2D eigenvalue weighted by atomic mass is 9.99. The Kier molecular flexibility index (Phi) is 4.74. The van der Waals surface area contributed by atoms with Gasteiger partial charge in [-0.1, -0.05) is 0 Å². The lowest BCUT2D eigenvalue weighted by Crippen LogP contribution is -2.55. The number of carbonyl (C=O) groups is 1. The number of carboxylic acid groups (broad SMARTS) is 1. The van der Waals surface area contributed by atoms with Gasteiger partial charge in [-0.2, -0.15) is 4.31 Å². The van der Waals surface area contributed by atoms with E-state index in [0.717, 1.165) is 4.31 Å². The number of hydrogen-bond donors (Lipinski definition) is 1. The largest absolute Gasteiger partial charge is 0.497 e. The molecule has 2 rings (SSSR count). The van der Waals surface area contributed by atoms with E-state index >= 15 is 0 Å². The lowest BCUT2D eigenvalue weighted by Gasteiger charge is -2.33. The van der Waals surface area contributed by atoms with Gasteiger partial charge in [-0.15, -0.1) is 0 Å². The van der Waals surface area contributed by atoms with Crippen molar-refractivity contribution >= 4 is 16.0 Å². The summed E-state index contributed by atoms with van der Waals surface area (Å²) in [4.78, 5) is 11.7. The second-order valence-corrected chi connectivity index (χ2v) is 6.99. The fourth-order valence-electron chi connectivity index (χ4n) is 2.74. The van der Waals surface area contributed by atoms with Crippen molar-refractivity contribution < 1.29 is 27.8 Å². The molecule has 0 amide bonds. The molecule has 1 aliphatic rings. The SMILES string of the molecule is COCC1(C(=O)O)CCCN1S(=O)(=O)c1ccc(OC)cc1. The molecule has 1 aliphatic heterocycles. The summed E-state index contributed by atoms with van der Waals surface area (Å²) in [5, 5.41) is 9.55. The number of hydrogen-bond acceptors (Lipinski definition) is 5. The van der Waals surface area contributed by atoms with Gasteiger partial charge in [-0.25, -0.2) is 8.42 Å². The molecular weight excluding hydrogens is 310 g/mol. The Morgan fingerprint density at radius 2 is 1.95 bits per heavy atom. The molecule has 1 aromatic carbocycles. The van der Waals surface area contributed by atoms with Gasteiger partial charge in [-0.3, -0.25) is 4.79 Å². The zero-order valence-electron chi connectivity index (χ0n) is 12.5. The number of rotatable bonds is 6. The van der Waals surface area contributed by atoms with Crippen molar-refractivity contribution in [2.24, 2.45) is 0 Å². The lowest BCUT2D eigenvalue weighted by molar-refractivity contribution is -0.150. The molecule has 0 saturated carbocycles. The van der Waals surface area contributed by atoms with Crippen LogP contribution in [0.5, 0.6) is 5.75 Å². The van der Waals surface area contributed by atoms with Crippen LogP contribution in [0.4, 0.5) is 0 Å². The molecule has 0 radical (unpaired) electrons. The van der Waals surface area contributed by atoms with Gasteiger partial charge in [-0.05, 0) is 37.1 Å². The molecule has 1 fully saturated rings. The highest BCUT2D eigenvalue weighted by Crippen LogP contribution is 2.35. The second kappa shape index (κ2) is 6.23.